The Hall–Kier alpha value is -2.80. The van der Waals surface area contributed by atoms with Crippen LogP contribution in [0.25, 0.3) is 10.8 Å². The van der Waals surface area contributed by atoms with Crippen molar-refractivity contribution in [3.8, 4) is 10.8 Å². The summed E-state index contributed by atoms with van der Waals surface area (Å²) in [5.41, 5.74) is 0.471. The van der Waals surface area contributed by atoms with Gasteiger partial charge in [0.2, 0.25) is 15.9 Å². The summed E-state index contributed by atoms with van der Waals surface area (Å²) >= 11 is 1.40. The fraction of sp³-hybridized carbons (Fsp3) is 0.350. The van der Waals surface area contributed by atoms with E-state index in [-0.39, 0.29) is 29.7 Å². The maximum absolute atomic E-state index is 12.8. The lowest BCUT2D eigenvalue weighted by Gasteiger charge is -2.31. The molecule has 12 heteroatoms. The molecule has 0 aliphatic carbocycles. The summed E-state index contributed by atoms with van der Waals surface area (Å²) < 4.78 is 33.3. The van der Waals surface area contributed by atoms with Gasteiger partial charge in [0, 0.05) is 38.3 Å². The van der Waals surface area contributed by atoms with Gasteiger partial charge in [-0.05, 0) is 42.8 Å². The van der Waals surface area contributed by atoms with Gasteiger partial charge >= 0.3 is 5.76 Å². The quantitative estimate of drug-likeness (QED) is 0.548. The van der Waals surface area contributed by atoms with Crippen molar-refractivity contribution in [2.75, 3.05) is 38.5 Å². The zero-order valence-corrected chi connectivity index (χ0v) is 19.1. The molecular formula is C20H23N5O5S2. The number of piperazine rings is 1. The molecule has 0 spiro atoms. The number of aryl methyl sites for hydroxylation is 1. The molecule has 0 atom stereocenters. The van der Waals surface area contributed by atoms with Crippen molar-refractivity contribution in [3.63, 3.8) is 0 Å². The maximum Gasteiger partial charge on any atom is 0.437 e. The predicted octanol–water partition coefficient (Wildman–Crippen LogP) is 1.53. The largest absolute Gasteiger partial charge is 0.437 e. The zero-order valence-electron chi connectivity index (χ0n) is 17.4. The van der Waals surface area contributed by atoms with E-state index in [1.54, 1.807) is 18.2 Å². The van der Waals surface area contributed by atoms with Crippen LogP contribution >= 0.6 is 11.3 Å². The second kappa shape index (κ2) is 9.36. The second-order valence-electron chi connectivity index (χ2n) is 7.40. The number of sulfonamides is 1. The van der Waals surface area contributed by atoms with Crippen molar-refractivity contribution < 1.29 is 17.6 Å². The average molecular weight is 478 g/mol. The highest BCUT2D eigenvalue weighted by Gasteiger charge is 2.27. The van der Waals surface area contributed by atoms with Gasteiger partial charge in [0.15, 0.2) is 0 Å². The van der Waals surface area contributed by atoms with E-state index in [9.17, 15) is 18.0 Å². The maximum atomic E-state index is 12.8. The highest BCUT2D eigenvalue weighted by Crippen LogP contribution is 2.21. The van der Waals surface area contributed by atoms with Crippen molar-refractivity contribution >= 4 is 33.0 Å². The second-order valence-corrected chi connectivity index (χ2v) is 10.3. The van der Waals surface area contributed by atoms with Crippen molar-refractivity contribution in [1.82, 2.24) is 19.0 Å². The van der Waals surface area contributed by atoms with Gasteiger partial charge in [-0.2, -0.15) is 8.99 Å². The number of thiophene rings is 1. The molecule has 4 rings (SSSR count). The lowest BCUT2D eigenvalue weighted by atomic mass is 10.3. The fourth-order valence-electron chi connectivity index (χ4n) is 3.27. The van der Waals surface area contributed by atoms with Crippen molar-refractivity contribution in [2.24, 2.45) is 0 Å². The Morgan fingerprint density at radius 2 is 1.88 bits per heavy atom. The monoisotopic (exact) mass is 477 g/mol. The van der Waals surface area contributed by atoms with Crippen LogP contribution in [0.1, 0.15) is 6.42 Å². The highest BCUT2D eigenvalue weighted by atomic mass is 32.2. The summed E-state index contributed by atoms with van der Waals surface area (Å²) in [5, 5.41) is 8.67. The van der Waals surface area contributed by atoms with E-state index >= 15 is 0 Å². The topological polar surface area (TPSA) is 118 Å². The third-order valence-corrected chi connectivity index (χ3v) is 7.90. The Morgan fingerprint density at radius 3 is 2.53 bits per heavy atom. The molecule has 3 heterocycles. The number of nitrogens with zero attached hydrogens (tertiary/aromatic N) is 4. The summed E-state index contributed by atoms with van der Waals surface area (Å²) in [4.78, 5) is 27.2. The van der Waals surface area contributed by atoms with E-state index in [0.29, 0.717) is 31.9 Å². The molecule has 32 heavy (non-hydrogen) atoms. The van der Waals surface area contributed by atoms with E-state index in [0.717, 1.165) is 9.56 Å². The molecule has 0 bridgehead atoms. The molecule has 1 amide bonds. The van der Waals surface area contributed by atoms with Crippen LogP contribution in [0.5, 0.6) is 0 Å². The molecule has 1 aromatic carbocycles. The summed E-state index contributed by atoms with van der Waals surface area (Å²) in [7, 11) is -1.60. The molecule has 1 aliphatic heterocycles. The molecule has 2 aromatic heterocycles. The van der Waals surface area contributed by atoms with Crippen LogP contribution in [0.15, 0.2) is 55.9 Å². The fourth-order valence-corrected chi connectivity index (χ4v) is 5.33. The minimum atomic E-state index is -3.56. The number of nitrogens with one attached hydrogen (secondary N) is 1. The van der Waals surface area contributed by atoms with Crippen LogP contribution in [0.3, 0.4) is 0 Å². The van der Waals surface area contributed by atoms with E-state index < -0.39 is 15.8 Å². The number of carbonyl (C=O) groups is 1. The van der Waals surface area contributed by atoms with Crippen molar-refractivity contribution in [3.05, 3.63) is 52.3 Å². The third-order valence-electron chi connectivity index (χ3n) is 5.13. The van der Waals surface area contributed by atoms with Gasteiger partial charge in [0.05, 0.1) is 16.3 Å². The van der Waals surface area contributed by atoms with E-state index in [1.165, 1.54) is 27.8 Å². The first-order valence-corrected chi connectivity index (χ1v) is 12.4. The minimum Gasteiger partial charge on any atom is -0.387 e. The van der Waals surface area contributed by atoms with Crippen LogP contribution in [-0.2, 0) is 21.4 Å². The molecular weight excluding hydrogens is 454 g/mol. The van der Waals surface area contributed by atoms with Crippen LogP contribution in [0.4, 0.5) is 5.69 Å². The Labute approximate surface area is 189 Å². The molecule has 0 saturated carbocycles. The number of anilines is 1. The number of amides is 1. The van der Waals surface area contributed by atoms with E-state index in [1.807, 2.05) is 18.5 Å². The highest BCUT2D eigenvalue weighted by molar-refractivity contribution is 7.89. The number of benzene rings is 1. The van der Waals surface area contributed by atoms with Gasteiger partial charge in [-0.3, -0.25) is 4.79 Å². The van der Waals surface area contributed by atoms with Gasteiger partial charge in [-0.25, -0.2) is 13.2 Å². The molecule has 1 aliphatic rings. The molecule has 0 radical (unpaired) electrons. The predicted molar refractivity (Wildman–Crippen MR) is 120 cm³/mol. The SMILES string of the molecule is CN1CCN(S(=O)(=O)c2ccc(NC(=O)CCn3nc(-c4cccs4)oc3=O)cc2)CC1. The number of hydrogen-bond donors (Lipinski definition) is 1. The Balaban J connectivity index is 1.34. The lowest BCUT2D eigenvalue weighted by molar-refractivity contribution is -0.116. The van der Waals surface area contributed by atoms with Crippen LogP contribution in [0.2, 0.25) is 0 Å². The molecule has 1 saturated heterocycles. The van der Waals surface area contributed by atoms with Gasteiger partial charge in [0.25, 0.3) is 5.89 Å². The average Bonchev–Trinajstić information content (AvgIpc) is 3.43. The van der Waals surface area contributed by atoms with Crippen LogP contribution in [-0.4, -0.2) is 66.5 Å². The summed E-state index contributed by atoms with van der Waals surface area (Å²) in [6.45, 7) is 2.35. The standard InChI is InChI=1S/C20H23N5O5S2/c1-23-10-12-24(13-11-23)32(28,29)16-6-4-15(5-7-16)21-18(26)8-9-25-20(27)30-19(22-25)17-3-2-14-31-17/h2-7,14H,8-13H2,1H3,(H,21,26). The van der Waals surface area contributed by atoms with E-state index in [4.69, 9.17) is 4.42 Å². The Morgan fingerprint density at radius 1 is 1.16 bits per heavy atom. The Bertz CT molecular complexity index is 1220. The summed E-state index contributed by atoms with van der Waals surface area (Å²) in [5.74, 6) is -0.727. The summed E-state index contributed by atoms with van der Waals surface area (Å²) in [6.07, 6.45) is 0.0116. The normalized spacial score (nSPS) is 15.7. The number of likely N-dealkylation sites (N-methyl/N-ethyl adjacent to an activating group) is 1. The van der Waals surface area contributed by atoms with Crippen LogP contribution < -0.4 is 11.1 Å². The van der Waals surface area contributed by atoms with Crippen molar-refractivity contribution in [2.45, 2.75) is 17.9 Å². The third kappa shape index (κ3) is 4.99. The van der Waals surface area contributed by atoms with Gasteiger partial charge in [-0.1, -0.05) is 6.07 Å². The molecule has 3 aromatic rings. The van der Waals surface area contributed by atoms with Crippen molar-refractivity contribution in [1.29, 1.82) is 0 Å². The van der Waals surface area contributed by atoms with Gasteiger partial charge in [0.1, 0.15) is 0 Å². The molecule has 1 fully saturated rings. The van der Waals surface area contributed by atoms with Crippen LogP contribution in [0, 0.1) is 0 Å². The molecule has 170 valence electrons. The molecule has 10 nitrogen and oxygen atoms in total. The number of rotatable bonds is 7. The number of hydrogen-bond acceptors (Lipinski definition) is 8. The number of carbonyl (C=O) groups excluding carboxylic acids is 1. The summed E-state index contributed by atoms with van der Waals surface area (Å²) in [6, 6.07) is 9.70. The Kier molecular flexibility index (Phi) is 6.55. The minimum absolute atomic E-state index is 0.0116. The first kappa shape index (κ1) is 22.4. The van der Waals surface area contributed by atoms with Gasteiger partial charge < -0.3 is 14.6 Å². The van der Waals surface area contributed by atoms with E-state index in [2.05, 4.69) is 15.3 Å². The zero-order chi connectivity index (χ0) is 22.7. The first-order valence-electron chi connectivity index (χ1n) is 10.0. The molecule has 1 N–H and O–H groups in total. The smallest absolute Gasteiger partial charge is 0.387 e. The lowest BCUT2D eigenvalue weighted by Crippen LogP contribution is -2.46. The molecule has 0 unspecified atom stereocenters. The number of aromatic nitrogens is 2. The first-order chi connectivity index (χ1) is 15.3. The van der Waals surface area contributed by atoms with Gasteiger partial charge in [-0.15, -0.1) is 16.4 Å².